The molecule has 1 N–H and O–H groups in total. The average molecular weight is 336 g/mol. The quantitative estimate of drug-likeness (QED) is 0.912. The Morgan fingerprint density at radius 1 is 1.16 bits per heavy atom. The van der Waals surface area contributed by atoms with Crippen molar-refractivity contribution >= 4 is 5.91 Å². The normalized spacial score (nSPS) is 24.4. The van der Waals surface area contributed by atoms with E-state index in [0.29, 0.717) is 30.1 Å². The minimum atomic E-state index is 0.000781. The molecule has 1 fully saturated rings. The number of hydrogen-bond acceptors (Lipinski definition) is 3. The largest absolute Gasteiger partial charge is 0.492 e. The van der Waals surface area contributed by atoms with Gasteiger partial charge in [-0.25, -0.2) is 0 Å². The Hall–Kier alpha value is -2.33. The van der Waals surface area contributed by atoms with E-state index in [1.54, 1.807) is 0 Å². The maximum atomic E-state index is 12.4. The van der Waals surface area contributed by atoms with Gasteiger partial charge >= 0.3 is 0 Å². The molecule has 1 saturated heterocycles. The van der Waals surface area contributed by atoms with Gasteiger partial charge in [0.25, 0.3) is 5.91 Å². The van der Waals surface area contributed by atoms with Crippen molar-refractivity contribution in [2.75, 3.05) is 19.7 Å². The molecule has 4 nitrogen and oxygen atoms in total. The molecule has 2 aliphatic rings. The van der Waals surface area contributed by atoms with Gasteiger partial charge in [-0.3, -0.25) is 9.69 Å². The van der Waals surface area contributed by atoms with Crippen LogP contribution in [0.4, 0.5) is 0 Å². The van der Waals surface area contributed by atoms with Crippen LogP contribution in [0.25, 0.3) is 0 Å². The van der Waals surface area contributed by atoms with Gasteiger partial charge in [-0.05, 0) is 31.2 Å². The zero-order valence-electron chi connectivity index (χ0n) is 14.5. The summed E-state index contributed by atoms with van der Waals surface area (Å²) in [5.74, 6) is 1.44. The van der Waals surface area contributed by atoms with Gasteiger partial charge in [0.1, 0.15) is 12.4 Å². The van der Waals surface area contributed by atoms with E-state index in [-0.39, 0.29) is 5.91 Å². The maximum absolute atomic E-state index is 12.4. The molecule has 2 heterocycles. The van der Waals surface area contributed by atoms with Crippen LogP contribution in [0.1, 0.15) is 35.2 Å². The molecule has 0 spiro atoms. The SMILES string of the molecule is CCCN1[C@H](CNC(=O)c2ccccc2)[C@@H]2c3ccccc3OC[C@@H]21. The van der Waals surface area contributed by atoms with Gasteiger partial charge in [0, 0.05) is 29.6 Å². The number of ether oxygens (including phenoxy) is 1. The van der Waals surface area contributed by atoms with Gasteiger partial charge in [0.15, 0.2) is 0 Å². The monoisotopic (exact) mass is 336 g/mol. The fourth-order valence-corrected chi connectivity index (χ4v) is 4.21. The van der Waals surface area contributed by atoms with Crippen LogP contribution in [-0.4, -0.2) is 42.6 Å². The van der Waals surface area contributed by atoms with E-state index < -0.39 is 0 Å². The maximum Gasteiger partial charge on any atom is 0.251 e. The first-order chi connectivity index (χ1) is 12.3. The number of rotatable bonds is 5. The molecule has 4 rings (SSSR count). The predicted molar refractivity (Wildman–Crippen MR) is 98.0 cm³/mol. The van der Waals surface area contributed by atoms with E-state index >= 15 is 0 Å². The summed E-state index contributed by atoms with van der Waals surface area (Å²) in [6.45, 7) is 4.65. The summed E-state index contributed by atoms with van der Waals surface area (Å²) < 4.78 is 5.95. The lowest BCUT2D eigenvalue weighted by atomic mass is 9.73. The lowest BCUT2D eigenvalue weighted by Gasteiger charge is -2.57. The second kappa shape index (κ2) is 6.89. The number of nitrogens with zero attached hydrogens (tertiary/aromatic N) is 1. The molecule has 2 aromatic rings. The standard InChI is InChI=1S/C21H24N2O2/c1-2-12-23-17(13-22-21(24)15-8-4-3-5-9-15)20-16-10-6-7-11-19(16)25-14-18(20)23/h3-11,17-18,20H,2,12-14H2,1H3,(H,22,24)/t17-,18+,20+/m1/s1. The number of amides is 1. The Bertz CT molecular complexity index is 747. The van der Waals surface area contributed by atoms with E-state index in [0.717, 1.165) is 25.3 Å². The molecule has 2 aliphatic heterocycles. The van der Waals surface area contributed by atoms with Crippen molar-refractivity contribution in [3.05, 3.63) is 65.7 Å². The summed E-state index contributed by atoms with van der Waals surface area (Å²) in [7, 11) is 0. The van der Waals surface area contributed by atoms with E-state index in [1.165, 1.54) is 5.56 Å². The van der Waals surface area contributed by atoms with Crippen molar-refractivity contribution in [1.29, 1.82) is 0 Å². The highest BCUT2D eigenvalue weighted by Crippen LogP contribution is 2.46. The number of hydrogen-bond donors (Lipinski definition) is 1. The van der Waals surface area contributed by atoms with Gasteiger partial charge in [0.2, 0.25) is 0 Å². The third-order valence-electron chi connectivity index (χ3n) is 5.36. The average Bonchev–Trinajstić information content (AvgIpc) is 2.66. The lowest BCUT2D eigenvalue weighted by molar-refractivity contribution is -0.0488. The van der Waals surface area contributed by atoms with Gasteiger partial charge in [-0.1, -0.05) is 43.3 Å². The molecule has 0 radical (unpaired) electrons. The van der Waals surface area contributed by atoms with Gasteiger partial charge in [0.05, 0.1) is 6.04 Å². The molecule has 130 valence electrons. The molecule has 0 aromatic heterocycles. The Morgan fingerprint density at radius 2 is 1.92 bits per heavy atom. The predicted octanol–water partition coefficient (Wildman–Crippen LogP) is 3.06. The number of para-hydroxylation sites is 1. The first kappa shape index (κ1) is 16.2. The molecular weight excluding hydrogens is 312 g/mol. The van der Waals surface area contributed by atoms with E-state index in [9.17, 15) is 4.79 Å². The third kappa shape index (κ3) is 2.91. The molecule has 3 atom stereocenters. The van der Waals surface area contributed by atoms with E-state index in [2.05, 4.69) is 29.3 Å². The van der Waals surface area contributed by atoms with Crippen molar-refractivity contribution in [3.63, 3.8) is 0 Å². The van der Waals surface area contributed by atoms with Crippen LogP contribution in [0.3, 0.4) is 0 Å². The van der Waals surface area contributed by atoms with Crippen LogP contribution >= 0.6 is 0 Å². The zero-order chi connectivity index (χ0) is 17.2. The lowest BCUT2D eigenvalue weighted by Crippen LogP contribution is -2.68. The Balaban J connectivity index is 1.50. The highest BCUT2D eigenvalue weighted by Gasteiger charge is 2.51. The van der Waals surface area contributed by atoms with E-state index in [1.807, 2.05) is 42.5 Å². The summed E-state index contributed by atoms with van der Waals surface area (Å²) in [6, 6.07) is 18.5. The topological polar surface area (TPSA) is 41.6 Å². The van der Waals surface area contributed by atoms with Crippen LogP contribution in [-0.2, 0) is 0 Å². The van der Waals surface area contributed by atoms with Gasteiger partial charge < -0.3 is 10.1 Å². The Morgan fingerprint density at radius 3 is 2.72 bits per heavy atom. The third-order valence-corrected chi connectivity index (χ3v) is 5.36. The number of benzene rings is 2. The summed E-state index contributed by atoms with van der Waals surface area (Å²) in [4.78, 5) is 14.9. The van der Waals surface area contributed by atoms with Gasteiger partial charge in [-0.15, -0.1) is 0 Å². The fourth-order valence-electron chi connectivity index (χ4n) is 4.21. The zero-order valence-corrected chi connectivity index (χ0v) is 14.5. The van der Waals surface area contributed by atoms with Crippen LogP contribution < -0.4 is 10.1 Å². The molecule has 0 unspecified atom stereocenters. The molecule has 0 aliphatic carbocycles. The van der Waals surface area contributed by atoms with Crippen molar-refractivity contribution in [1.82, 2.24) is 10.2 Å². The van der Waals surface area contributed by atoms with Crippen molar-refractivity contribution in [3.8, 4) is 5.75 Å². The highest BCUT2D eigenvalue weighted by molar-refractivity contribution is 5.94. The fraction of sp³-hybridized carbons (Fsp3) is 0.381. The second-order valence-electron chi connectivity index (χ2n) is 6.82. The Labute approximate surface area is 148 Å². The second-order valence-corrected chi connectivity index (χ2v) is 6.82. The number of likely N-dealkylation sites (tertiary alicyclic amines) is 1. The molecule has 25 heavy (non-hydrogen) atoms. The minimum Gasteiger partial charge on any atom is -0.492 e. The van der Waals surface area contributed by atoms with Gasteiger partial charge in [-0.2, -0.15) is 0 Å². The summed E-state index contributed by atoms with van der Waals surface area (Å²) in [5.41, 5.74) is 2.00. The van der Waals surface area contributed by atoms with Crippen molar-refractivity contribution in [2.45, 2.75) is 31.3 Å². The molecule has 0 saturated carbocycles. The Kier molecular flexibility index (Phi) is 4.45. The van der Waals surface area contributed by atoms with Crippen molar-refractivity contribution in [2.24, 2.45) is 0 Å². The van der Waals surface area contributed by atoms with Crippen LogP contribution in [0.2, 0.25) is 0 Å². The number of carbonyl (C=O) groups excluding carboxylic acids is 1. The van der Waals surface area contributed by atoms with Crippen molar-refractivity contribution < 1.29 is 9.53 Å². The smallest absolute Gasteiger partial charge is 0.251 e. The summed E-state index contributed by atoms with van der Waals surface area (Å²) >= 11 is 0. The molecular formula is C21H24N2O2. The van der Waals surface area contributed by atoms with Crippen LogP contribution in [0.5, 0.6) is 5.75 Å². The first-order valence-corrected chi connectivity index (χ1v) is 9.10. The van der Waals surface area contributed by atoms with E-state index in [4.69, 9.17) is 4.74 Å². The highest BCUT2D eigenvalue weighted by atomic mass is 16.5. The summed E-state index contributed by atoms with van der Waals surface area (Å²) in [5, 5.41) is 3.13. The molecule has 1 amide bonds. The van der Waals surface area contributed by atoms with Crippen LogP contribution in [0.15, 0.2) is 54.6 Å². The minimum absolute atomic E-state index is 0.000781. The number of fused-ring (bicyclic) bond motifs is 3. The number of carbonyl (C=O) groups is 1. The molecule has 4 heteroatoms. The molecule has 0 bridgehead atoms. The first-order valence-electron chi connectivity index (χ1n) is 9.10. The summed E-state index contributed by atoms with van der Waals surface area (Å²) in [6.07, 6.45) is 1.11. The van der Waals surface area contributed by atoms with Crippen LogP contribution in [0, 0.1) is 0 Å². The molecule has 2 aromatic carbocycles. The number of nitrogens with one attached hydrogen (secondary N) is 1.